The smallest absolute Gasteiger partial charge is 0.255 e. The average Bonchev–Trinajstić information content (AvgIpc) is 2.89. The van der Waals surface area contributed by atoms with Gasteiger partial charge in [-0.15, -0.1) is 0 Å². The zero-order chi connectivity index (χ0) is 17.9. The summed E-state index contributed by atoms with van der Waals surface area (Å²) in [4.78, 5) is 13.6. The summed E-state index contributed by atoms with van der Waals surface area (Å²) in [6.45, 7) is 1.61. The van der Waals surface area contributed by atoms with Crippen LogP contribution in [-0.2, 0) is 21.2 Å². The van der Waals surface area contributed by atoms with Crippen LogP contribution in [-0.4, -0.2) is 72.1 Å². The van der Waals surface area contributed by atoms with E-state index in [0.29, 0.717) is 18.5 Å². The van der Waals surface area contributed by atoms with Gasteiger partial charge in [-0.1, -0.05) is 0 Å². The molecule has 0 unspecified atom stereocenters. The molecule has 24 heavy (non-hydrogen) atoms. The summed E-state index contributed by atoms with van der Waals surface area (Å²) in [6, 6.07) is 1.31. The number of hydrogen-bond donors (Lipinski definition) is 1. The zero-order valence-corrected chi connectivity index (χ0v) is 14.5. The molecule has 0 bridgehead atoms. The zero-order valence-electron chi connectivity index (χ0n) is 13.7. The van der Waals surface area contributed by atoms with E-state index in [4.69, 9.17) is 0 Å². The third kappa shape index (κ3) is 4.97. The predicted octanol–water partition coefficient (Wildman–Crippen LogP) is 0.778. The molecule has 1 saturated heterocycles. The Morgan fingerprint density at radius 2 is 2.08 bits per heavy atom. The van der Waals surface area contributed by atoms with Crippen LogP contribution in [0.15, 0.2) is 6.07 Å². The molecule has 2 rings (SSSR count). The standard InChI is InChI=1S/C14H22F2N4O3S/c1-10-7-11(18-17-10)8-14(21)20(9-13(15)16)12-3-5-19(6-4-12)24(2,22)23/h7,12-13H,3-6,8-9H2,1-2H3,(H,17,18). The van der Waals surface area contributed by atoms with Gasteiger partial charge in [0.25, 0.3) is 6.43 Å². The number of nitrogens with one attached hydrogen (secondary N) is 1. The van der Waals surface area contributed by atoms with E-state index < -0.39 is 28.9 Å². The first kappa shape index (κ1) is 18.8. The first-order valence-corrected chi connectivity index (χ1v) is 9.55. The average molecular weight is 364 g/mol. The lowest BCUT2D eigenvalue weighted by molar-refractivity contribution is -0.136. The van der Waals surface area contributed by atoms with Crippen LogP contribution in [0, 0.1) is 6.92 Å². The van der Waals surface area contributed by atoms with Crippen LogP contribution >= 0.6 is 0 Å². The van der Waals surface area contributed by atoms with Crippen LogP contribution < -0.4 is 0 Å². The van der Waals surface area contributed by atoms with Gasteiger partial charge < -0.3 is 4.90 Å². The maximum absolute atomic E-state index is 12.9. The van der Waals surface area contributed by atoms with Crippen LogP contribution in [0.25, 0.3) is 0 Å². The lowest BCUT2D eigenvalue weighted by Crippen LogP contribution is -2.50. The summed E-state index contributed by atoms with van der Waals surface area (Å²) in [5.41, 5.74) is 1.30. The Labute approximate surface area is 140 Å². The number of aromatic amines is 1. The first-order chi connectivity index (χ1) is 11.2. The third-order valence-corrected chi connectivity index (χ3v) is 5.38. The highest BCUT2D eigenvalue weighted by Crippen LogP contribution is 2.20. The third-order valence-electron chi connectivity index (χ3n) is 4.08. The molecule has 7 nitrogen and oxygen atoms in total. The second-order valence-corrected chi connectivity index (χ2v) is 8.03. The van der Waals surface area contributed by atoms with Crippen molar-refractivity contribution in [3.8, 4) is 0 Å². The van der Waals surface area contributed by atoms with Crippen molar-refractivity contribution in [3.05, 3.63) is 17.5 Å². The van der Waals surface area contributed by atoms with Crippen molar-refractivity contribution in [2.45, 2.75) is 38.7 Å². The Bertz CT molecular complexity index is 669. The summed E-state index contributed by atoms with van der Waals surface area (Å²) in [5, 5.41) is 6.67. The van der Waals surface area contributed by atoms with E-state index in [2.05, 4.69) is 10.2 Å². The van der Waals surface area contributed by atoms with Gasteiger partial charge in [0.05, 0.1) is 24.9 Å². The molecule has 1 amide bonds. The monoisotopic (exact) mass is 364 g/mol. The Hall–Kier alpha value is -1.55. The molecule has 1 aromatic rings. The lowest BCUT2D eigenvalue weighted by Gasteiger charge is -2.37. The molecule has 0 aromatic carbocycles. The quantitative estimate of drug-likeness (QED) is 0.808. The predicted molar refractivity (Wildman–Crippen MR) is 84.2 cm³/mol. The number of hydrogen-bond acceptors (Lipinski definition) is 4. The van der Waals surface area contributed by atoms with Crippen LogP contribution in [0.2, 0.25) is 0 Å². The molecule has 1 aliphatic rings. The number of aromatic nitrogens is 2. The largest absolute Gasteiger partial charge is 0.334 e. The second-order valence-electron chi connectivity index (χ2n) is 6.05. The fraction of sp³-hybridized carbons (Fsp3) is 0.714. The number of H-pyrrole nitrogens is 1. The highest BCUT2D eigenvalue weighted by atomic mass is 32.2. The summed E-state index contributed by atoms with van der Waals surface area (Å²) in [7, 11) is -3.30. The maximum atomic E-state index is 12.9. The molecule has 2 heterocycles. The molecule has 10 heteroatoms. The van der Waals surface area contributed by atoms with Gasteiger partial charge in [-0.3, -0.25) is 9.89 Å². The van der Waals surface area contributed by atoms with Crippen molar-refractivity contribution in [1.29, 1.82) is 0 Å². The number of sulfonamides is 1. The molecule has 0 aliphatic carbocycles. The summed E-state index contributed by atoms with van der Waals surface area (Å²) < 4.78 is 50.1. The number of amides is 1. The fourth-order valence-electron chi connectivity index (χ4n) is 2.91. The Kier molecular flexibility index (Phi) is 5.92. The molecule has 1 N–H and O–H groups in total. The second kappa shape index (κ2) is 7.56. The highest BCUT2D eigenvalue weighted by molar-refractivity contribution is 7.88. The molecule has 1 aliphatic heterocycles. The van der Waals surface area contributed by atoms with Crippen LogP contribution in [0.3, 0.4) is 0 Å². The molecular weight excluding hydrogens is 342 g/mol. The molecule has 1 aromatic heterocycles. The molecule has 0 atom stereocenters. The van der Waals surface area contributed by atoms with Gasteiger partial charge in [0.15, 0.2) is 0 Å². The van der Waals surface area contributed by atoms with Gasteiger partial charge in [0.1, 0.15) is 0 Å². The van der Waals surface area contributed by atoms with Crippen molar-refractivity contribution in [1.82, 2.24) is 19.4 Å². The van der Waals surface area contributed by atoms with Gasteiger partial charge >= 0.3 is 0 Å². The minimum Gasteiger partial charge on any atom is -0.334 e. The lowest BCUT2D eigenvalue weighted by atomic mass is 10.0. The molecule has 136 valence electrons. The van der Waals surface area contributed by atoms with E-state index in [1.165, 1.54) is 9.21 Å². The van der Waals surface area contributed by atoms with Crippen molar-refractivity contribution in [2.24, 2.45) is 0 Å². The van der Waals surface area contributed by atoms with Crippen LogP contribution in [0.5, 0.6) is 0 Å². The van der Waals surface area contributed by atoms with Crippen LogP contribution in [0.4, 0.5) is 8.78 Å². The highest BCUT2D eigenvalue weighted by Gasteiger charge is 2.32. The molecule has 1 fully saturated rings. The van der Waals surface area contributed by atoms with E-state index in [0.717, 1.165) is 11.9 Å². The molecule has 0 radical (unpaired) electrons. The Balaban J connectivity index is 2.04. The SMILES string of the molecule is Cc1cc(CC(=O)N(CC(F)F)C2CCN(S(C)(=O)=O)CC2)n[nH]1. The van der Waals surface area contributed by atoms with Gasteiger partial charge in [0.2, 0.25) is 15.9 Å². The first-order valence-electron chi connectivity index (χ1n) is 7.70. The van der Waals surface area contributed by atoms with Gasteiger partial charge in [-0.05, 0) is 25.8 Å². The molecule has 0 spiro atoms. The number of halogens is 2. The summed E-state index contributed by atoms with van der Waals surface area (Å²) in [5.74, 6) is -0.417. The normalized spacial score (nSPS) is 17.4. The summed E-state index contributed by atoms with van der Waals surface area (Å²) >= 11 is 0. The van der Waals surface area contributed by atoms with E-state index in [9.17, 15) is 22.0 Å². The molecule has 0 saturated carbocycles. The van der Waals surface area contributed by atoms with Crippen molar-refractivity contribution < 1.29 is 22.0 Å². The maximum Gasteiger partial charge on any atom is 0.255 e. The van der Waals surface area contributed by atoms with Crippen molar-refractivity contribution in [2.75, 3.05) is 25.9 Å². The number of carbonyl (C=O) groups is 1. The van der Waals surface area contributed by atoms with E-state index in [-0.39, 0.29) is 25.6 Å². The van der Waals surface area contributed by atoms with E-state index >= 15 is 0 Å². The number of alkyl halides is 2. The topological polar surface area (TPSA) is 86.4 Å². The minimum absolute atomic E-state index is 0.0522. The van der Waals surface area contributed by atoms with Gasteiger partial charge in [0, 0.05) is 24.8 Å². The Morgan fingerprint density at radius 1 is 1.46 bits per heavy atom. The molecular formula is C14H22F2N4O3S. The Morgan fingerprint density at radius 3 is 2.54 bits per heavy atom. The number of nitrogens with zero attached hydrogens (tertiary/aromatic N) is 3. The number of aryl methyl sites for hydroxylation is 1. The number of rotatable bonds is 6. The number of carbonyl (C=O) groups excluding carboxylic acids is 1. The summed E-state index contributed by atoms with van der Waals surface area (Å²) in [6.07, 6.45) is -0.864. The van der Waals surface area contributed by atoms with Crippen LogP contribution in [0.1, 0.15) is 24.2 Å². The van der Waals surface area contributed by atoms with Gasteiger partial charge in [-0.25, -0.2) is 21.5 Å². The van der Waals surface area contributed by atoms with E-state index in [1.54, 1.807) is 13.0 Å². The van der Waals surface area contributed by atoms with Gasteiger partial charge in [-0.2, -0.15) is 5.10 Å². The fourth-order valence-corrected chi connectivity index (χ4v) is 3.78. The van der Waals surface area contributed by atoms with E-state index in [1.807, 2.05) is 0 Å². The minimum atomic E-state index is -3.30. The van der Waals surface area contributed by atoms with Crippen molar-refractivity contribution >= 4 is 15.9 Å². The number of piperidine rings is 1. The van der Waals surface area contributed by atoms with Crippen molar-refractivity contribution in [3.63, 3.8) is 0 Å².